The van der Waals surface area contributed by atoms with Crippen molar-refractivity contribution in [2.45, 2.75) is 51.0 Å². The van der Waals surface area contributed by atoms with Crippen LogP contribution in [0.5, 0.6) is 0 Å². The van der Waals surface area contributed by atoms with Gasteiger partial charge in [0.2, 0.25) is 0 Å². The molecule has 0 aromatic carbocycles. The Labute approximate surface area is 75.5 Å². The Hall–Kier alpha value is -0.300. The number of hydrogen-bond donors (Lipinski definition) is 1. The highest BCUT2D eigenvalue weighted by Crippen LogP contribution is 2.28. The van der Waals surface area contributed by atoms with Gasteiger partial charge < -0.3 is 5.11 Å². The Morgan fingerprint density at radius 2 is 2.08 bits per heavy atom. The summed E-state index contributed by atoms with van der Waals surface area (Å²) < 4.78 is 0. The van der Waals surface area contributed by atoms with E-state index < -0.39 is 0 Å². The number of hydrogen-bond acceptors (Lipinski definition) is 1. The number of allylic oxidation sites excluding steroid dienone is 1. The third-order valence-corrected chi connectivity index (χ3v) is 2.85. The lowest BCUT2D eigenvalue weighted by atomic mass is 9.83. The van der Waals surface area contributed by atoms with Gasteiger partial charge in [-0.25, -0.2) is 0 Å². The average molecular weight is 168 g/mol. The van der Waals surface area contributed by atoms with E-state index in [1.165, 1.54) is 32.1 Å². The van der Waals surface area contributed by atoms with Crippen molar-refractivity contribution in [3.63, 3.8) is 0 Å². The lowest BCUT2D eigenvalue weighted by Gasteiger charge is -2.27. The largest absolute Gasteiger partial charge is 0.393 e. The molecule has 1 aliphatic rings. The van der Waals surface area contributed by atoms with Crippen molar-refractivity contribution < 1.29 is 5.11 Å². The molecule has 0 radical (unpaired) electrons. The fourth-order valence-corrected chi connectivity index (χ4v) is 2.05. The van der Waals surface area contributed by atoms with E-state index in [2.05, 4.69) is 6.58 Å². The van der Waals surface area contributed by atoms with Crippen LogP contribution in [0, 0.1) is 5.92 Å². The molecule has 1 heteroatoms. The topological polar surface area (TPSA) is 20.2 Å². The summed E-state index contributed by atoms with van der Waals surface area (Å²) in [5.41, 5.74) is 0. The summed E-state index contributed by atoms with van der Waals surface area (Å²) in [5, 5.41) is 9.64. The van der Waals surface area contributed by atoms with Gasteiger partial charge in [-0.2, -0.15) is 0 Å². The molecule has 1 N–H and O–H groups in total. The minimum atomic E-state index is -0.0106. The van der Waals surface area contributed by atoms with Gasteiger partial charge in [-0.1, -0.05) is 18.9 Å². The van der Waals surface area contributed by atoms with E-state index in [4.69, 9.17) is 0 Å². The van der Waals surface area contributed by atoms with E-state index in [9.17, 15) is 5.11 Å². The molecular formula is C11H20O. The van der Waals surface area contributed by atoms with Crippen molar-refractivity contribution in [2.24, 2.45) is 5.92 Å². The maximum atomic E-state index is 9.64. The van der Waals surface area contributed by atoms with Crippen LogP contribution in [0.4, 0.5) is 0 Å². The van der Waals surface area contributed by atoms with Gasteiger partial charge in [-0.05, 0) is 38.0 Å². The molecule has 70 valence electrons. The van der Waals surface area contributed by atoms with E-state index in [1.807, 2.05) is 6.08 Å². The highest BCUT2D eigenvalue weighted by molar-refractivity contribution is 4.75. The van der Waals surface area contributed by atoms with Crippen LogP contribution in [0.2, 0.25) is 0 Å². The van der Waals surface area contributed by atoms with Gasteiger partial charge in [0, 0.05) is 0 Å². The Bertz CT molecular complexity index is 131. The minimum Gasteiger partial charge on any atom is -0.393 e. The summed E-state index contributed by atoms with van der Waals surface area (Å²) in [6, 6.07) is 0. The van der Waals surface area contributed by atoms with Crippen LogP contribution in [0.1, 0.15) is 44.9 Å². The predicted octanol–water partition coefficient (Wildman–Crippen LogP) is 2.89. The van der Waals surface area contributed by atoms with Crippen LogP contribution >= 0.6 is 0 Å². The fraction of sp³-hybridized carbons (Fsp3) is 0.818. The molecule has 0 bridgehead atoms. The second-order valence-electron chi connectivity index (χ2n) is 3.83. The average Bonchev–Trinajstić information content (AvgIpc) is 2.09. The van der Waals surface area contributed by atoms with Crippen LogP contribution in [0.3, 0.4) is 0 Å². The zero-order valence-electron chi connectivity index (χ0n) is 7.84. The van der Waals surface area contributed by atoms with Gasteiger partial charge in [0.1, 0.15) is 0 Å². The molecule has 0 unspecified atom stereocenters. The van der Waals surface area contributed by atoms with Gasteiger partial charge >= 0.3 is 0 Å². The minimum absolute atomic E-state index is 0.0106. The second-order valence-corrected chi connectivity index (χ2v) is 3.83. The molecule has 1 rings (SSSR count). The van der Waals surface area contributed by atoms with Crippen LogP contribution in [-0.4, -0.2) is 11.2 Å². The molecule has 12 heavy (non-hydrogen) atoms. The highest BCUT2D eigenvalue weighted by atomic mass is 16.3. The van der Waals surface area contributed by atoms with E-state index in [0.29, 0.717) is 5.92 Å². The summed E-state index contributed by atoms with van der Waals surface area (Å²) in [4.78, 5) is 0. The standard InChI is InChI=1S/C11H20O/c1-2-3-4-7-10-8-5-6-9-11(10)12/h2,10-12H,1,3-9H2/t10-,11-/m1/s1. The van der Waals surface area contributed by atoms with Crippen molar-refractivity contribution in [1.82, 2.24) is 0 Å². The third kappa shape index (κ3) is 2.98. The molecule has 0 aliphatic heterocycles. The molecular weight excluding hydrogens is 148 g/mol. The summed E-state index contributed by atoms with van der Waals surface area (Å²) in [7, 11) is 0. The van der Waals surface area contributed by atoms with Gasteiger partial charge in [-0.15, -0.1) is 6.58 Å². The Morgan fingerprint density at radius 1 is 1.33 bits per heavy atom. The summed E-state index contributed by atoms with van der Waals surface area (Å²) in [6.07, 6.45) is 10.2. The predicted molar refractivity (Wildman–Crippen MR) is 52.0 cm³/mol. The molecule has 1 aliphatic carbocycles. The lowest BCUT2D eigenvalue weighted by molar-refractivity contribution is 0.0644. The van der Waals surface area contributed by atoms with E-state index >= 15 is 0 Å². The third-order valence-electron chi connectivity index (χ3n) is 2.85. The molecule has 0 saturated heterocycles. The van der Waals surface area contributed by atoms with E-state index in [0.717, 1.165) is 12.8 Å². The first-order valence-electron chi connectivity index (χ1n) is 5.13. The molecule has 1 fully saturated rings. The summed E-state index contributed by atoms with van der Waals surface area (Å²) in [6.45, 7) is 3.70. The van der Waals surface area contributed by atoms with Crippen LogP contribution in [0.25, 0.3) is 0 Å². The van der Waals surface area contributed by atoms with Crippen LogP contribution < -0.4 is 0 Å². The smallest absolute Gasteiger partial charge is 0.0568 e. The number of unbranched alkanes of at least 4 members (excludes halogenated alkanes) is 1. The molecule has 0 spiro atoms. The fourth-order valence-electron chi connectivity index (χ4n) is 2.05. The van der Waals surface area contributed by atoms with Crippen molar-refractivity contribution in [3.05, 3.63) is 12.7 Å². The quantitative estimate of drug-likeness (QED) is 0.505. The van der Waals surface area contributed by atoms with E-state index in [1.54, 1.807) is 0 Å². The molecule has 1 saturated carbocycles. The van der Waals surface area contributed by atoms with Crippen molar-refractivity contribution >= 4 is 0 Å². The van der Waals surface area contributed by atoms with Crippen molar-refractivity contribution in [1.29, 1.82) is 0 Å². The molecule has 0 heterocycles. The van der Waals surface area contributed by atoms with Gasteiger partial charge in [0.15, 0.2) is 0 Å². The normalized spacial score (nSPS) is 30.1. The van der Waals surface area contributed by atoms with Crippen molar-refractivity contribution in [3.8, 4) is 0 Å². The first-order valence-corrected chi connectivity index (χ1v) is 5.13. The van der Waals surface area contributed by atoms with Crippen molar-refractivity contribution in [2.75, 3.05) is 0 Å². The monoisotopic (exact) mass is 168 g/mol. The van der Waals surface area contributed by atoms with Gasteiger partial charge in [-0.3, -0.25) is 0 Å². The first-order chi connectivity index (χ1) is 5.84. The molecule has 1 nitrogen and oxygen atoms in total. The molecule has 0 aromatic rings. The Morgan fingerprint density at radius 3 is 2.75 bits per heavy atom. The first kappa shape index (κ1) is 9.79. The lowest BCUT2D eigenvalue weighted by Crippen LogP contribution is -2.24. The SMILES string of the molecule is C=CCCC[C@@H]1CCCC[C@H]1O. The van der Waals surface area contributed by atoms with E-state index in [-0.39, 0.29) is 6.10 Å². The summed E-state index contributed by atoms with van der Waals surface area (Å²) in [5.74, 6) is 0.582. The number of rotatable bonds is 4. The Balaban J connectivity index is 2.15. The van der Waals surface area contributed by atoms with Gasteiger partial charge in [0.05, 0.1) is 6.10 Å². The molecule has 0 amide bonds. The van der Waals surface area contributed by atoms with Gasteiger partial charge in [0.25, 0.3) is 0 Å². The van der Waals surface area contributed by atoms with Crippen LogP contribution in [0.15, 0.2) is 12.7 Å². The number of aliphatic hydroxyl groups is 1. The van der Waals surface area contributed by atoms with Crippen LogP contribution in [-0.2, 0) is 0 Å². The highest BCUT2D eigenvalue weighted by Gasteiger charge is 2.21. The Kier molecular flexibility index (Phi) is 4.37. The maximum absolute atomic E-state index is 9.64. The zero-order chi connectivity index (χ0) is 8.81. The summed E-state index contributed by atoms with van der Waals surface area (Å²) >= 11 is 0. The maximum Gasteiger partial charge on any atom is 0.0568 e. The molecule has 2 atom stereocenters. The zero-order valence-corrected chi connectivity index (χ0v) is 7.84. The second kappa shape index (κ2) is 5.36. The number of aliphatic hydroxyl groups excluding tert-OH is 1. The molecule has 0 aromatic heterocycles.